The molecule has 0 amide bonds. The van der Waals surface area contributed by atoms with Crippen LogP contribution < -0.4 is 4.74 Å². The van der Waals surface area contributed by atoms with Crippen molar-refractivity contribution in [2.24, 2.45) is 0 Å². The van der Waals surface area contributed by atoms with Gasteiger partial charge in [0.2, 0.25) is 0 Å². The van der Waals surface area contributed by atoms with E-state index in [9.17, 15) is 14.9 Å². The summed E-state index contributed by atoms with van der Waals surface area (Å²) in [4.78, 5) is 21.5. The molecule has 1 fully saturated rings. The molecule has 6 nitrogen and oxygen atoms in total. The molecule has 1 aromatic carbocycles. The zero-order chi connectivity index (χ0) is 14.5. The molecule has 0 spiro atoms. The first-order valence-corrected chi connectivity index (χ1v) is 6.54. The molecule has 0 aromatic heterocycles. The number of rotatable bonds is 5. The summed E-state index contributed by atoms with van der Waals surface area (Å²) in [6.07, 6.45) is 2.58. The van der Waals surface area contributed by atoms with Crippen LogP contribution in [0.4, 0.5) is 5.69 Å². The average Bonchev–Trinajstić information content (AvgIpc) is 2.46. The Hall–Kier alpha value is -1.95. The topological polar surface area (TPSA) is 78.7 Å². The zero-order valence-electron chi connectivity index (χ0n) is 11.3. The Morgan fingerprint density at radius 2 is 2.05 bits per heavy atom. The Kier molecular flexibility index (Phi) is 4.68. The van der Waals surface area contributed by atoms with Gasteiger partial charge in [0.25, 0.3) is 5.69 Å². The predicted octanol–water partition coefficient (Wildman–Crippen LogP) is 2.63. The lowest BCUT2D eigenvalue weighted by atomic mass is 9.96. The Labute approximate surface area is 116 Å². The van der Waals surface area contributed by atoms with Crippen molar-refractivity contribution in [2.45, 2.75) is 38.4 Å². The smallest absolute Gasteiger partial charge is 0.270 e. The summed E-state index contributed by atoms with van der Waals surface area (Å²) < 4.78 is 10.9. The number of nitro benzene ring substituents is 1. The number of Topliss-reactive ketones (excluding diaryl/α,β-unsaturated/α-hetero) is 1. The Balaban J connectivity index is 2.02. The second kappa shape index (κ2) is 6.47. The lowest BCUT2D eigenvalue weighted by Crippen LogP contribution is -2.21. The van der Waals surface area contributed by atoms with E-state index in [1.807, 2.05) is 0 Å². The summed E-state index contributed by atoms with van der Waals surface area (Å²) in [6, 6.07) is 4.44. The van der Waals surface area contributed by atoms with Gasteiger partial charge in [0.1, 0.15) is 11.5 Å². The molecule has 0 N–H and O–H groups in total. The van der Waals surface area contributed by atoms with Crippen molar-refractivity contribution in [3.05, 3.63) is 33.9 Å². The van der Waals surface area contributed by atoms with Crippen molar-refractivity contribution in [2.75, 3.05) is 7.11 Å². The van der Waals surface area contributed by atoms with Gasteiger partial charge >= 0.3 is 0 Å². The molecule has 0 bridgehead atoms. The standard InChI is InChI=1S/C14H17NO5/c1-19-14-7-2-11(15(17)18)8-10(14)9-20-13-5-3-12(16)4-6-13/h2,7-8,13H,3-6,9H2,1H3. The molecule has 20 heavy (non-hydrogen) atoms. The van der Waals surface area contributed by atoms with Crippen molar-refractivity contribution < 1.29 is 19.2 Å². The van der Waals surface area contributed by atoms with Crippen LogP contribution >= 0.6 is 0 Å². The molecule has 0 saturated heterocycles. The Bertz CT molecular complexity index is 504. The fraction of sp³-hybridized carbons (Fsp3) is 0.500. The predicted molar refractivity (Wildman–Crippen MR) is 71.7 cm³/mol. The largest absolute Gasteiger partial charge is 0.496 e. The minimum atomic E-state index is -0.442. The second-order valence-electron chi connectivity index (χ2n) is 4.80. The first-order chi connectivity index (χ1) is 9.60. The molecule has 0 heterocycles. The highest BCUT2D eigenvalue weighted by atomic mass is 16.6. The van der Waals surface area contributed by atoms with Gasteiger partial charge in [-0.25, -0.2) is 0 Å². The number of ketones is 1. The van der Waals surface area contributed by atoms with Crippen LogP contribution in [-0.4, -0.2) is 23.9 Å². The van der Waals surface area contributed by atoms with Crippen LogP contribution in [0, 0.1) is 10.1 Å². The number of non-ortho nitro benzene ring substituents is 1. The normalized spacial score (nSPS) is 16.1. The zero-order valence-corrected chi connectivity index (χ0v) is 11.3. The number of ether oxygens (including phenoxy) is 2. The van der Waals surface area contributed by atoms with Crippen molar-refractivity contribution in [3.63, 3.8) is 0 Å². The number of nitro groups is 1. The van der Waals surface area contributed by atoms with Crippen LogP contribution in [0.5, 0.6) is 5.75 Å². The first kappa shape index (κ1) is 14.5. The van der Waals surface area contributed by atoms with E-state index in [1.165, 1.54) is 19.2 Å². The summed E-state index contributed by atoms with van der Waals surface area (Å²) in [6.45, 7) is 0.254. The molecule has 1 aliphatic carbocycles. The minimum Gasteiger partial charge on any atom is -0.496 e. The fourth-order valence-electron chi connectivity index (χ4n) is 2.28. The summed E-state index contributed by atoms with van der Waals surface area (Å²) >= 11 is 0. The lowest BCUT2D eigenvalue weighted by Gasteiger charge is -2.21. The van der Waals surface area contributed by atoms with Gasteiger partial charge in [0.15, 0.2) is 0 Å². The molecule has 108 valence electrons. The molecular weight excluding hydrogens is 262 g/mol. The highest BCUT2D eigenvalue weighted by molar-refractivity contribution is 5.79. The molecule has 6 heteroatoms. The van der Waals surface area contributed by atoms with Crippen LogP contribution in [-0.2, 0) is 16.1 Å². The molecule has 0 aliphatic heterocycles. The van der Waals surface area contributed by atoms with E-state index in [-0.39, 0.29) is 24.2 Å². The summed E-state index contributed by atoms with van der Waals surface area (Å²) in [5.41, 5.74) is 0.668. The van der Waals surface area contributed by atoms with Crippen LogP contribution in [0.2, 0.25) is 0 Å². The third-order valence-electron chi connectivity index (χ3n) is 3.44. The molecular formula is C14H17NO5. The number of nitrogens with zero attached hydrogens (tertiary/aromatic N) is 1. The number of benzene rings is 1. The van der Waals surface area contributed by atoms with Gasteiger partial charge in [-0.15, -0.1) is 0 Å². The summed E-state index contributed by atoms with van der Waals surface area (Å²) in [5.74, 6) is 0.847. The molecule has 1 saturated carbocycles. The highest BCUT2D eigenvalue weighted by Crippen LogP contribution is 2.26. The van der Waals surface area contributed by atoms with E-state index in [0.717, 1.165) is 12.8 Å². The van der Waals surface area contributed by atoms with Crippen molar-refractivity contribution in [1.29, 1.82) is 0 Å². The van der Waals surface area contributed by atoms with E-state index in [1.54, 1.807) is 6.07 Å². The SMILES string of the molecule is COc1ccc([N+](=O)[O-])cc1COC1CCC(=O)CC1. The van der Waals surface area contributed by atoms with Crippen molar-refractivity contribution in [1.82, 2.24) is 0 Å². The third-order valence-corrected chi connectivity index (χ3v) is 3.44. The van der Waals surface area contributed by atoms with Gasteiger partial charge in [-0.05, 0) is 18.9 Å². The molecule has 1 aromatic rings. The van der Waals surface area contributed by atoms with E-state index in [0.29, 0.717) is 24.2 Å². The van der Waals surface area contributed by atoms with E-state index < -0.39 is 4.92 Å². The van der Waals surface area contributed by atoms with Crippen LogP contribution in [0.15, 0.2) is 18.2 Å². The molecule has 0 unspecified atom stereocenters. The summed E-state index contributed by atoms with van der Waals surface area (Å²) in [5, 5.41) is 10.8. The maximum atomic E-state index is 11.2. The minimum absolute atomic E-state index is 0.0169. The molecule has 0 radical (unpaired) electrons. The first-order valence-electron chi connectivity index (χ1n) is 6.54. The van der Waals surface area contributed by atoms with Crippen LogP contribution in [0.1, 0.15) is 31.2 Å². The van der Waals surface area contributed by atoms with Crippen molar-refractivity contribution in [3.8, 4) is 5.75 Å². The van der Waals surface area contributed by atoms with Gasteiger partial charge < -0.3 is 9.47 Å². The fourth-order valence-corrected chi connectivity index (χ4v) is 2.28. The molecule has 1 aliphatic rings. The quantitative estimate of drug-likeness (QED) is 0.611. The average molecular weight is 279 g/mol. The number of methoxy groups -OCH3 is 1. The van der Waals surface area contributed by atoms with Gasteiger partial charge in [-0.1, -0.05) is 0 Å². The maximum absolute atomic E-state index is 11.2. The molecule has 0 atom stereocenters. The van der Waals surface area contributed by atoms with E-state index in [4.69, 9.17) is 9.47 Å². The number of carbonyl (C=O) groups excluding carboxylic acids is 1. The van der Waals surface area contributed by atoms with Gasteiger partial charge in [-0.3, -0.25) is 14.9 Å². The number of hydrogen-bond donors (Lipinski definition) is 0. The summed E-state index contributed by atoms with van der Waals surface area (Å²) in [7, 11) is 1.52. The lowest BCUT2D eigenvalue weighted by molar-refractivity contribution is -0.385. The van der Waals surface area contributed by atoms with E-state index >= 15 is 0 Å². The maximum Gasteiger partial charge on any atom is 0.270 e. The van der Waals surface area contributed by atoms with Crippen LogP contribution in [0.25, 0.3) is 0 Å². The second-order valence-corrected chi connectivity index (χ2v) is 4.80. The van der Waals surface area contributed by atoms with Gasteiger partial charge in [0.05, 0.1) is 24.7 Å². The van der Waals surface area contributed by atoms with Gasteiger partial charge in [-0.2, -0.15) is 0 Å². The Morgan fingerprint density at radius 1 is 1.35 bits per heavy atom. The Morgan fingerprint density at radius 3 is 2.65 bits per heavy atom. The van der Waals surface area contributed by atoms with Gasteiger partial charge in [0, 0.05) is 30.5 Å². The number of carbonyl (C=O) groups is 1. The monoisotopic (exact) mass is 279 g/mol. The number of hydrogen-bond acceptors (Lipinski definition) is 5. The third kappa shape index (κ3) is 3.54. The molecule has 2 rings (SSSR count). The highest BCUT2D eigenvalue weighted by Gasteiger charge is 2.20. The van der Waals surface area contributed by atoms with Crippen molar-refractivity contribution >= 4 is 11.5 Å². The van der Waals surface area contributed by atoms with Crippen LogP contribution in [0.3, 0.4) is 0 Å². The van der Waals surface area contributed by atoms with E-state index in [2.05, 4.69) is 0 Å².